The molecule has 2 heteroatoms. The van der Waals surface area contributed by atoms with Crippen LogP contribution in [0.2, 0.25) is 0 Å². The van der Waals surface area contributed by atoms with Gasteiger partial charge in [-0.2, -0.15) is 0 Å². The molecule has 1 spiro atoms. The zero-order chi connectivity index (χ0) is 17.9. The molecule has 2 nitrogen and oxygen atoms in total. The minimum atomic E-state index is 0.657. The molecule has 0 amide bonds. The van der Waals surface area contributed by atoms with Crippen molar-refractivity contribution in [2.45, 2.75) is 134 Å². The van der Waals surface area contributed by atoms with E-state index in [0.717, 1.165) is 17.3 Å². The van der Waals surface area contributed by atoms with E-state index in [2.05, 4.69) is 0 Å². The van der Waals surface area contributed by atoms with E-state index in [0.29, 0.717) is 29.8 Å². The SMILES string of the molecule is C1CCC2(CC1)CCC(CC1CCC3OC3C1)(CC1CCC3OC3C1)CC2. The van der Waals surface area contributed by atoms with Crippen molar-refractivity contribution in [3.63, 3.8) is 0 Å². The average Bonchev–Trinajstić information content (AvgIpc) is 3.59. The normalized spacial score (nSPS) is 47.1. The molecule has 0 bridgehead atoms. The van der Waals surface area contributed by atoms with Gasteiger partial charge in [-0.1, -0.05) is 19.3 Å². The molecule has 27 heavy (non-hydrogen) atoms. The van der Waals surface area contributed by atoms with Crippen LogP contribution in [0.5, 0.6) is 0 Å². The summed E-state index contributed by atoms with van der Waals surface area (Å²) in [5.74, 6) is 1.92. The van der Waals surface area contributed by atoms with E-state index in [-0.39, 0.29) is 0 Å². The highest BCUT2D eigenvalue weighted by atomic mass is 16.6. The lowest BCUT2D eigenvalue weighted by Gasteiger charge is -2.51. The molecule has 2 aliphatic heterocycles. The zero-order valence-electron chi connectivity index (χ0n) is 17.3. The topological polar surface area (TPSA) is 25.1 Å². The number of epoxide rings is 2. The number of hydrogen-bond donors (Lipinski definition) is 0. The van der Waals surface area contributed by atoms with E-state index < -0.39 is 0 Å². The lowest BCUT2D eigenvalue weighted by Crippen LogP contribution is -2.39. The third-order valence-electron chi connectivity index (χ3n) is 9.95. The second kappa shape index (κ2) is 6.73. The van der Waals surface area contributed by atoms with Crippen molar-refractivity contribution in [1.82, 2.24) is 0 Å². The predicted molar refractivity (Wildman–Crippen MR) is 108 cm³/mol. The summed E-state index contributed by atoms with van der Waals surface area (Å²) < 4.78 is 11.7. The highest BCUT2D eigenvalue weighted by Crippen LogP contribution is 2.59. The molecule has 0 radical (unpaired) electrons. The molecule has 6 unspecified atom stereocenters. The van der Waals surface area contributed by atoms with Crippen LogP contribution in [0.3, 0.4) is 0 Å². The van der Waals surface area contributed by atoms with Gasteiger partial charge in [-0.3, -0.25) is 0 Å². The predicted octanol–water partition coefficient (Wildman–Crippen LogP) is 6.41. The third kappa shape index (κ3) is 3.63. The fourth-order valence-electron chi connectivity index (χ4n) is 8.17. The lowest BCUT2D eigenvalue weighted by atomic mass is 9.54. The molecular weight excluding hydrogens is 332 g/mol. The molecule has 4 saturated carbocycles. The Kier molecular flexibility index (Phi) is 4.42. The first-order valence-electron chi connectivity index (χ1n) is 12.5. The number of rotatable bonds is 4. The van der Waals surface area contributed by atoms with E-state index in [9.17, 15) is 0 Å². The van der Waals surface area contributed by atoms with Gasteiger partial charge in [-0.15, -0.1) is 0 Å². The maximum atomic E-state index is 5.87. The van der Waals surface area contributed by atoms with Gasteiger partial charge < -0.3 is 9.47 Å². The van der Waals surface area contributed by atoms with Gasteiger partial charge in [0.2, 0.25) is 0 Å². The second-order valence-electron chi connectivity index (χ2n) is 11.8. The van der Waals surface area contributed by atoms with E-state index in [1.807, 2.05) is 0 Å². The second-order valence-corrected chi connectivity index (χ2v) is 11.8. The summed E-state index contributed by atoms with van der Waals surface area (Å²) in [6.45, 7) is 0. The van der Waals surface area contributed by atoms with E-state index in [1.165, 1.54) is 70.6 Å². The van der Waals surface area contributed by atoms with Crippen molar-refractivity contribution < 1.29 is 9.47 Å². The van der Waals surface area contributed by atoms with Gasteiger partial charge in [0.05, 0.1) is 24.4 Å². The van der Waals surface area contributed by atoms with Gasteiger partial charge in [0.1, 0.15) is 0 Å². The Labute approximate surface area is 166 Å². The quantitative estimate of drug-likeness (QED) is 0.532. The van der Waals surface area contributed by atoms with Crippen LogP contribution < -0.4 is 0 Å². The lowest BCUT2D eigenvalue weighted by molar-refractivity contribution is 0.00891. The minimum Gasteiger partial charge on any atom is -0.370 e. The zero-order valence-corrected chi connectivity index (χ0v) is 17.3. The van der Waals surface area contributed by atoms with Crippen molar-refractivity contribution >= 4 is 0 Å². The number of ether oxygens (including phenoxy) is 2. The first-order valence-corrected chi connectivity index (χ1v) is 12.5. The highest BCUT2D eigenvalue weighted by molar-refractivity contribution is 5.00. The Morgan fingerprint density at radius 2 is 1.11 bits per heavy atom. The van der Waals surface area contributed by atoms with Crippen LogP contribution in [-0.4, -0.2) is 24.4 Å². The summed E-state index contributed by atoms with van der Waals surface area (Å²) in [5.41, 5.74) is 1.43. The molecule has 2 saturated heterocycles. The molecule has 6 aliphatic rings. The number of fused-ring (bicyclic) bond motifs is 2. The van der Waals surface area contributed by atoms with Gasteiger partial charge in [-0.25, -0.2) is 0 Å². The maximum Gasteiger partial charge on any atom is 0.0844 e. The molecular formula is C25H40O2. The summed E-state index contributed by atoms with van der Waals surface area (Å²) in [6.07, 6.45) is 27.9. The monoisotopic (exact) mass is 372 g/mol. The first kappa shape index (κ1) is 17.8. The van der Waals surface area contributed by atoms with Crippen LogP contribution >= 0.6 is 0 Å². The highest BCUT2D eigenvalue weighted by Gasteiger charge is 2.50. The van der Waals surface area contributed by atoms with Crippen LogP contribution in [0.15, 0.2) is 0 Å². The molecule has 6 atom stereocenters. The molecule has 0 aromatic rings. The molecule has 6 rings (SSSR count). The van der Waals surface area contributed by atoms with Crippen LogP contribution in [0.1, 0.15) is 109 Å². The molecule has 152 valence electrons. The molecule has 0 N–H and O–H groups in total. The minimum absolute atomic E-state index is 0.657. The fraction of sp³-hybridized carbons (Fsp3) is 1.00. The van der Waals surface area contributed by atoms with Gasteiger partial charge >= 0.3 is 0 Å². The third-order valence-corrected chi connectivity index (χ3v) is 9.95. The summed E-state index contributed by atoms with van der Waals surface area (Å²) in [4.78, 5) is 0. The number of hydrogen-bond acceptors (Lipinski definition) is 2. The van der Waals surface area contributed by atoms with Crippen molar-refractivity contribution in [2.75, 3.05) is 0 Å². The molecule has 6 fully saturated rings. The standard InChI is InChI=1S/C25H40O2/c1-2-8-24(9-3-1)10-12-25(13-11-24,16-18-4-6-20-22(14-18)26-20)17-19-5-7-21-23(15-19)27-21/h18-23H,1-17H2. The Morgan fingerprint density at radius 1 is 0.556 bits per heavy atom. The summed E-state index contributed by atoms with van der Waals surface area (Å²) in [6, 6.07) is 0. The average molecular weight is 373 g/mol. The summed E-state index contributed by atoms with van der Waals surface area (Å²) in [5, 5.41) is 0. The van der Waals surface area contributed by atoms with Gasteiger partial charge in [0.25, 0.3) is 0 Å². The van der Waals surface area contributed by atoms with E-state index in [4.69, 9.17) is 9.47 Å². The fourth-order valence-corrected chi connectivity index (χ4v) is 8.17. The maximum absolute atomic E-state index is 5.87. The Morgan fingerprint density at radius 3 is 1.63 bits per heavy atom. The summed E-state index contributed by atoms with van der Waals surface area (Å²) in [7, 11) is 0. The van der Waals surface area contributed by atoms with E-state index in [1.54, 1.807) is 38.5 Å². The van der Waals surface area contributed by atoms with Crippen LogP contribution in [0.25, 0.3) is 0 Å². The molecule has 2 heterocycles. The van der Waals surface area contributed by atoms with Gasteiger partial charge in [0, 0.05) is 0 Å². The molecule has 0 aromatic heterocycles. The Balaban J connectivity index is 1.15. The van der Waals surface area contributed by atoms with Gasteiger partial charge in [0.15, 0.2) is 0 Å². The van der Waals surface area contributed by atoms with Crippen LogP contribution in [-0.2, 0) is 9.47 Å². The van der Waals surface area contributed by atoms with Crippen LogP contribution in [0, 0.1) is 22.7 Å². The van der Waals surface area contributed by atoms with E-state index >= 15 is 0 Å². The Bertz CT molecular complexity index is 509. The van der Waals surface area contributed by atoms with Crippen molar-refractivity contribution in [3.05, 3.63) is 0 Å². The van der Waals surface area contributed by atoms with Crippen molar-refractivity contribution in [2.24, 2.45) is 22.7 Å². The van der Waals surface area contributed by atoms with Crippen molar-refractivity contribution in [3.8, 4) is 0 Å². The molecule has 0 aromatic carbocycles. The van der Waals surface area contributed by atoms with Crippen LogP contribution in [0.4, 0.5) is 0 Å². The largest absolute Gasteiger partial charge is 0.370 e. The first-order chi connectivity index (χ1) is 13.2. The van der Waals surface area contributed by atoms with Gasteiger partial charge in [-0.05, 0) is 113 Å². The summed E-state index contributed by atoms with van der Waals surface area (Å²) >= 11 is 0. The smallest absolute Gasteiger partial charge is 0.0844 e. The van der Waals surface area contributed by atoms with Crippen molar-refractivity contribution in [1.29, 1.82) is 0 Å². The molecule has 4 aliphatic carbocycles. The Hall–Kier alpha value is -0.0800.